The molecule has 0 saturated carbocycles. The highest BCUT2D eigenvalue weighted by atomic mass is 19.4. The maximum atomic E-state index is 13.4. The first kappa shape index (κ1) is 23.9. The zero-order valence-corrected chi connectivity index (χ0v) is 19.3. The van der Waals surface area contributed by atoms with Crippen molar-refractivity contribution in [3.8, 4) is 6.07 Å². The van der Waals surface area contributed by atoms with Crippen LogP contribution in [0.4, 0.5) is 24.5 Å². The second kappa shape index (κ2) is 9.55. The molecule has 1 saturated heterocycles. The van der Waals surface area contributed by atoms with E-state index >= 15 is 0 Å². The van der Waals surface area contributed by atoms with Crippen molar-refractivity contribution in [3.05, 3.63) is 59.2 Å². The number of halogens is 3. The van der Waals surface area contributed by atoms with Crippen LogP contribution < -0.4 is 15.1 Å². The Labute approximate surface area is 197 Å². The van der Waals surface area contributed by atoms with E-state index in [1.54, 1.807) is 6.07 Å². The summed E-state index contributed by atoms with van der Waals surface area (Å²) in [7, 11) is 3.82. The number of anilines is 2. The fourth-order valence-corrected chi connectivity index (χ4v) is 4.90. The Hall–Kier alpha value is -3.25. The van der Waals surface area contributed by atoms with Gasteiger partial charge < -0.3 is 20.0 Å². The number of benzene rings is 2. The van der Waals surface area contributed by atoms with E-state index in [0.717, 1.165) is 17.4 Å². The van der Waals surface area contributed by atoms with E-state index in [0.29, 0.717) is 43.9 Å². The molecule has 180 valence electrons. The van der Waals surface area contributed by atoms with Crippen LogP contribution >= 0.6 is 0 Å². The van der Waals surface area contributed by atoms with Crippen molar-refractivity contribution in [2.75, 3.05) is 56.6 Å². The van der Waals surface area contributed by atoms with Gasteiger partial charge in [-0.15, -0.1) is 0 Å². The number of hydrogen-bond donors (Lipinski definition) is 1. The van der Waals surface area contributed by atoms with Crippen molar-refractivity contribution < 1.29 is 18.0 Å². The second-order valence-corrected chi connectivity index (χ2v) is 9.08. The molecule has 2 aromatic rings. The van der Waals surface area contributed by atoms with E-state index in [4.69, 9.17) is 0 Å². The van der Waals surface area contributed by atoms with Gasteiger partial charge in [0.25, 0.3) is 0 Å². The van der Waals surface area contributed by atoms with Gasteiger partial charge in [0.2, 0.25) is 5.91 Å². The predicted octanol–water partition coefficient (Wildman–Crippen LogP) is 3.12. The smallest absolute Gasteiger partial charge is 0.367 e. The molecule has 34 heavy (non-hydrogen) atoms. The molecule has 9 heteroatoms. The van der Waals surface area contributed by atoms with E-state index in [1.807, 2.05) is 37.2 Å². The van der Waals surface area contributed by atoms with Crippen LogP contribution in [0.2, 0.25) is 0 Å². The average Bonchev–Trinajstić information content (AvgIpc) is 2.81. The van der Waals surface area contributed by atoms with Gasteiger partial charge in [0.15, 0.2) is 0 Å². The number of carbonyl (C=O) groups is 1. The number of nitriles is 1. The molecule has 0 bridgehead atoms. The molecular weight excluding hydrogens is 443 g/mol. The van der Waals surface area contributed by atoms with Gasteiger partial charge >= 0.3 is 6.18 Å². The van der Waals surface area contributed by atoms with E-state index in [1.165, 1.54) is 12.1 Å². The molecule has 2 heterocycles. The van der Waals surface area contributed by atoms with E-state index in [9.17, 15) is 23.2 Å². The third-order valence-corrected chi connectivity index (χ3v) is 6.60. The van der Waals surface area contributed by atoms with Gasteiger partial charge in [-0.25, -0.2) is 0 Å². The van der Waals surface area contributed by atoms with Gasteiger partial charge in [-0.1, -0.05) is 12.1 Å². The molecule has 0 radical (unpaired) electrons. The zero-order chi connectivity index (χ0) is 24.5. The summed E-state index contributed by atoms with van der Waals surface area (Å²) in [5.41, 5.74) is 1.98. The van der Waals surface area contributed by atoms with Crippen LogP contribution in [-0.4, -0.2) is 63.7 Å². The highest BCUT2D eigenvalue weighted by Crippen LogP contribution is 2.40. The summed E-state index contributed by atoms with van der Waals surface area (Å²) in [6.07, 6.45) is -4.20. The molecule has 6 nitrogen and oxygen atoms in total. The molecule has 0 aromatic heterocycles. The van der Waals surface area contributed by atoms with Crippen LogP contribution in [0.5, 0.6) is 0 Å². The number of nitrogens with zero attached hydrogens (tertiary/aromatic N) is 4. The lowest BCUT2D eigenvalue weighted by molar-refractivity contribution is -0.137. The Balaban J connectivity index is 1.66. The maximum absolute atomic E-state index is 13.4. The minimum atomic E-state index is -4.44. The van der Waals surface area contributed by atoms with Crippen molar-refractivity contribution in [1.82, 2.24) is 10.2 Å². The van der Waals surface area contributed by atoms with Gasteiger partial charge in [0.05, 0.1) is 28.8 Å². The Morgan fingerprint density at radius 2 is 1.94 bits per heavy atom. The van der Waals surface area contributed by atoms with E-state index in [-0.39, 0.29) is 18.4 Å². The topological polar surface area (TPSA) is 62.6 Å². The molecule has 0 spiro atoms. The number of carbonyl (C=O) groups excluding carboxylic acids is 1. The molecule has 2 aromatic carbocycles. The Morgan fingerprint density at radius 3 is 2.65 bits per heavy atom. The number of hydrogen-bond acceptors (Lipinski definition) is 5. The van der Waals surface area contributed by atoms with Crippen LogP contribution in [0.15, 0.2) is 42.5 Å². The molecule has 4 rings (SSSR count). The Morgan fingerprint density at radius 1 is 1.18 bits per heavy atom. The van der Waals surface area contributed by atoms with Crippen LogP contribution in [0.25, 0.3) is 0 Å². The lowest BCUT2D eigenvalue weighted by atomic mass is 9.82. The average molecular weight is 472 g/mol. The summed E-state index contributed by atoms with van der Waals surface area (Å²) in [4.78, 5) is 19.4. The standard InChI is InChI=1S/C25H28F3N5O/c1-31(2)10-9-30-24(34)20-14-18-13-19(25(26,27)28)7-8-22(18)33-12-11-32(16-23(20)33)21-6-4-3-5-17(21)15-29/h3-8,13,20,23H,9-12,14,16H2,1-2H3,(H,30,34)/t20-,23+/m1/s1. The highest BCUT2D eigenvalue weighted by molar-refractivity contribution is 5.82. The van der Waals surface area contributed by atoms with Gasteiger partial charge in [0, 0.05) is 38.4 Å². The Bertz CT molecular complexity index is 1090. The van der Waals surface area contributed by atoms with Crippen LogP contribution in [0.1, 0.15) is 16.7 Å². The summed E-state index contributed by atoms with van der Waals surface area (Å²) in [6.45, 7) is 2.79. The third kappa shape index (κ3) is 4.82. The van der Waals surface area contributed by atoms with Gasteiger partial charge in [-0.05, 0) is 56.4 Å². The first-order chi connectivity index (χ1) is 16.2. The van der Waals surface area contributed by atoms with Gasteiger partial charge in [-0.3, -0.25) is 4.79 Å². The quantitative estimate of drug-likeness (QED) is 0.726. The molecule has 1 fully saturated rings. The number of rotatable bonds is 5. The lowest BCUT2D eigenvalue weighted by Crippen LogP contribution is -2.61. The summed E-state index contributed by atoms with van der Waals surface area (Å²) >= 11 is 0. The minimum absolute atomic E-state index is 0.157. The van der Waals surface area contributed by atoms with Gasteiger partial charge in [0.1, 0.15) is 6.07 Å². The van der Waals surface area contributed by atoms with Crippen LogP contribution in [0.3, 0.4) is 0 Å². The molecule has 2 aliphatic rings. The molecule has 1 amide bonds. The van der Waals surface area contributed by atoms with Crippen molar-refractivity contribution in [2.24, 2.45) is 5.92 Å². The second-order valence-electron chi connectivity index (χ2n) is 9.08. The molecule has 0 unspecified atom stereocenters. The van der Waals surface area contributed by atoms with Crippen molar-refractivity contribution in [2.45, 2.75) is 18.6 Å². The summed E-state index contributed by atoms with van der Waals surface area (Å²) in [5.74, 6) is -0.662. The summed E-state index contributed by atoms with van der Waals surface area (Å²) in [5, 5.41) is 12.5. The molecule has 0 aliphatic carbocycles. The zero-order valence-electron chi connectivity index (χ0n) is 19.3. The van der Waals surface area contributed by atoms with E-state index < -0.39 is 17.7 Å². The van der Waals surface area contributed by atoms with Crippen molar-refractivity contribution in [3.63, 3.8) is 0 Å². The number of para-hydroxylation sites is 1. The predicted molar refractivity (Wildman–Crippen MR) is 125 cm³/mol. The number of amides is 1. The number of fused-ring (bicyclic) bond motifs is 3. The fraction of sp³-hybridized carbons (Fsp3) is 0.440. The minimum Gasteiger partial charge on any atom is -0.367 e. The molecule has 2 aliphatic heterocycles. The number of piperazine rings is 1. The lowest BCUT2D eigenvalue weighted by Gasteiger charge is -2.50. The van der Waals surface area contributed by atoms with Crippen molar-refractivity contribution in [1.29, 1.82) is 5.26 Å². The largest absolute Gasteiger partial charge is 0.416 e. The number of likely N-dealkylation sites (N-methyl/N-ethyl adjacent to an activating group) is 1. The van der Waals surface area contributed by atoms with E-state index in [2.05, 4.69) is 21.2 Å². The van der Waals surface area contributed by atoms with Crippen LogP contribution in [-0.2, 0) is 17.4 Å². The molecule has 1 N–H and O–H groups in total. The first-order valence-corrected chi connectivity index (χ1v) is 11.3. The number of alkyl halides is 3. The molecular formula is C25H28F3N5O. The highest BCUT2D eigenvalue weighted by Gasteiger charge is 2.43. The fourth-order valence-electron chi connectivity index (χ4n) is 4.90. The first-order valence-electron chi connectivity index (χ1n) is 11.3. The SMILES string of the molecule is CN(C)CCNC(=O)[C@@H]1Cc2cc(C(F)(F)F)ccc2N2CCN(c3ccccc3C#N)C[C@@H]12. The third-order valence-electron chi connectivity index (χ3n) is 6.60. The van der Waals surface area contributed by atoms with Gasteiger partial charge in [-0.2, -0.15) is 18.4 Å². The Kier molecular flexibility index (Phi) is 6.71. The van der Waals surface area contributed by atoms with Crippen molar-refractivity contribution >= 4 is 17.3 Å². The monoisotopic (exact) mass is 471 g/mol. The normalized spacial score (nSPS) is 19.9. The molecule has 2 atom stereocenters. The summed E-state index contributed by atoms with van der Waals surface area (Å²) < 4.78 is 40.1. The maximum Gasteiger partial charge on any atom is 0.416 e. The van der Waals surface area contributed by atoms with Crippen LogP contribution in [0, 0.1) is 17.2 Å². The summed E-state index contributed by atoms with van der Waals surface area (Å²) in [6, 6.07) is 13.2. The number of nitrogens with one attached hydrogen (secondary N) is 1.